The number of pyridine rings is 2. The van der Waals surface area contributed by atoms with E-state index >= 15 is 0 Å². The average molecular weight is 200 g/mol. The molecule has 2 rings (SSSR count). The standard InChI is InChI=1S/C11H8N2O2/c14-11(15)9-3-6-13-7-10(9)8-1-4-12-5-2-8/h1-7H,(H,14,15). The zero-order chi connectivity index (χ0) is 10.7. The summed E-state index contributed by atoms with van der Waals surface area (Å²) >= 11 is 0. The van der Waals surface area contributed by atoms with Crippen molar-refractivity contribution in [3.05, 3.63) is 48.5 Å². The fourth-order valence-corrected chi connectivity index (χ4v) is 1.34. The van der Waals surface area contributed by atoms with Gasteiger partial charge in [-0.1, -0.05) is 0 Å². The smallest absolute Gasteiger partial charge is 0.336 e. The second-order valence-electron chi connectivity index (χ2n) is 2.96. The Morgan fingerprint density at radius 2 is 1.73 bits per heavy atom. The molecule has 0 fully saturated rings. The number of aromatic nitrogens is 2. The van der Waals surface area contributed by atoms with Crippen LogP contribution in [-0.2, 0) is 0 Å². The Morgan fingerprint density at radius 1 is 1.07 bits per heavy atom. The van der Waals surface area contributed by atoms with Gasteiger partial charge in [0.25, 0.3) is 0 Å². The van der Waals surface area contributed by atoms with Crippen molar-refractivity contribution in [2.24, 2.45) is 0 Å². The van der Waals surface area contributed by atoms with Gasteiger partial charge in [-0.15, -0.1) is 0 Å². The molecule has 74 valence electrons. The SMILES string of the molecule is O=C(O)c1ccncc1-c1ccncc1. The number of carboxylic acids is 1. The van der Waals surface area contributed by atoms with Gasteiger partial charge in [-0.3, -0.25) is 9.97 Å². The van der Waals surface area contributed by atoms with Crippen molar-refractivity contribution in [3.8, 4) is 11.1 Å². The highest BCUT2D eigenvalue weighted by Crippen LogP contribution is 2.21. The second kappa shape index (κ2) is 3.88. The summed E-state index contributed by atoms with van der Waals surface area (Å²) in [5.74, 6) is -0.954. The Hall–Kier alpha value is -2.23. The van der Waals surface area contributed by atoms with Gasteiger partial charge in [-0.2, -0.15) is 0 Å². The number of hydrogen-bond acceptors (Lipinski definition) is 3. The fourth-order valence-electron chi connectivity index (χ4n) is 1.34. The lowest BCUT2D eigenvalue weighted by Crippen LogP contribution is -1.99. The van der Waals surface area contributed by atoms with Gasteiger partial charge in [-0.05, 0) is 23.8 Å². The average Bonchev–Trinajstić information content (AvgIpc) is 2.30. The van der Waals surface area contributed by atoms with E-state index in [1.165, 1.54) is 12.3 Å². The lowest BCUT2D eigenvalue weighted by molar-refractivity contribution is 0.0697. The first kappa shape index (κ1) is 9.33. The summed E-state index contributed by atoms with van der Waals surface area (Å²) in [5, 5.41) is 8.98. The molecule has 1 N–H and O–H groups in total. The molecule has 4 heteroatoms. The van der Waals surface area contributed by atoms with Crippen LogP contribution in [0.4, 0.5) is 0 Å². The molecule has 0 amide bonds. The normalized spacial score (nSPS) is 9.87. The molecule has 0 radical (unpaired) electrons. The Kier molecular flexibility index (Phi) is 2.41. The summed E-state index contributed by atoms with van der Waals surface area (Å²) in [7, 11) is 0. The molecule has 0 unspecified atom stereocenters. The predicted molar refractivity (Wildman–Crippen MR) is 54.4 cm³/mol. The molecule has 15 heavy (non-hydrogen) atoms. The third-order valence-corrected chi connectivity index (χ3v) is 2.04. The fraction of sp³-hybridized carbons (Fsp3) is 0. The molecule has 0 aliphatic carbocycles. The van der Waals surface area contributed by atoms with E-state index in [9.17, 15) is 4.79 Å². The molecule has 0 saturated heterocycles. The first-order valence-electron chi connectivity index (χ1n) is 4.37. The lowest BCUT2D eigenvalue weighted by Gasteiger charge is -2.03. The third kappa shape index (κ3) is 1.83. The Morgan fingerprint density at radius 3 is 2.40 bits per heavy atom. The maximum atomic E-state index is 11.0. The molecule has 4 nitrogen and oxygen atoms in total. The number of carboxylic acid groups (broad SMARTS) is 1. The third-order valence-electron chi connectivity index (χ3n) is 2.04. The van der Waals surface area contributed by atoms with Crippen molar-refractivity contribution >= 4 is 5.97 Å². The topological polar surface area (TPSA) is 63.1 Å². The van der Waals surface area contributed by atoms with E-state index in [4.69, 9.17) is 5.11 Å². The van der Waals surface area contributed by atoms with Crippen LogP contribution in [0.1, 0.15) is 10.4 Å². The molecule has 2 aromatic heterocycles. The minimum Gasteiger partial charge on any atom is -0.478 e. The van der Waals surface area contributed by atoms with E-state index < -0.39 is 5.97 Å². The molecule has 0 bridgehead atoms. The summed E-state index contributed by atoms with van der Waals surface area (Å²) in [4.78, 5) is 18.7. The minimum absolute atomic E-state index is 0.246. The number of rotatable bonds is 2. The molecular weight excluding hydrogens is 192 g/mol. The van der Waals surface area contributed by atoms with Crippen LogP contribution < -0.4 is 0 Å². The molecule has 0 aromatic carbocycles. The van der Waals surface area contributed by atoms with Crippen molar-refractivity contribution in [1.82, 2.24) is 9.97 Å². The van der Waals surface area contributed by atoms with Crippen LogP contribution in [0.5, 0.6) is 0 Å². The highest BCUT2D eigenvalue weighted by molar-refractivity contribution is 5.95. The summed E-state index contributed by atoms with van der Waals surface area (Å²) < 4.78 is 0. The van der Waals surface area contributed by atoms with Crippen LogP contribution in [0.15, 0.2) is 43.0 Å². The Balaban J connectivity index is 2.58. The largest absolute Gasteiger partial charge is 0.478 e. The zero-order valence-corrected chi connectivity index (χ0v) is 7.79. The van der Waals surface area contributed by atoms with Crippen LogP contribution in [-0.4, -0.2) is 21.0 Å². The maximum Gasteiger partial charge on any atom is 0.336 e. The van der Waals surface area contributed by atoms with Crippen molar-refractivity contribution < 1.29 is 9.90 Å². The Labute approximate surface area is 86.2 Å². The monoisotopic (exact) mass is 200 g/mol. The van der Waals surface area contributed by atoms with Gasteiger partial charge < -0.3 is 5.11 Å². The van der Waals surface area contributed by atoms with Crippen LogP contribution in [0.25, 0.3) is 11.1 Å². The van der Waals surface area contributed by atoms with E-state index in [0.29, 0.717) is 5.56 Å². The van der Waals surface area contributed by atoms with E-state index in [0.717, 1.165) is 5.56 Å². The van der Waals surface area contributed by atoms with E-state index in [-0.39, 0.29) is 5.56 Å². The minimum atomic E-state index is -0.954. The zero-order valence-electron chi connectivity index (χ0n) is 7.79. The summed E-state index contributed by atoms with van der Waals surface area (Å²) in [6.45, 7) is 0. The first-order valence-corrected chi connectivity index (χ1v) is 4.37. The first-order chi connectivity index (χ1) is 7.29. The molecule has 2 aromatic rings. The Bertz CT molecular complexity index is 483. The summed E-state index contributed by atoms with van der Waals surface area (Å²) in [5.41, 5.74) is 1.65. The molecule has 0 saturated carbocycles. The maximum absolute atomic E-state index is 11.0. The predicted octanol–water partition coefficient (Wildman–Crippen LogP) is 1.84. The van der Waals surface area contributed by atoms with Gasteiger partial charge in [0.2, 0.25) is 0 Å². The van der Waals surface area contributed by atoms with Gasteiger partial charge in [0.15, 0.2) is 0 Å². The van der Waals surface area contributed by atoms with Crippen LogP contribution in [0.3, 0.4) is 0 Å². The van der Waals surface area contributed by atoms with Crippen molar-refractivity contribution in [2.75, 3.05) is 0 Å². The van der Waals surface area contributed by atoms with Gasteiger partial charge >= 0.3 is 5.97 Å². The van der Waals surface area contributed by atoms with Crippen molar-refractivity contribution in [1.29, 1.82) is 0 Å². The number of hydrogen-bond donors (Lipinski definition) is 1. The number of aromatic carboxylic acids is 1. The summed E-state index contributed by atoms with van der Waals surface area (Å²) in [6.07, 6.45) is 6.24. The quantitative estimate of drug-likeness (QED) is 0.803. The van der Waals surface area contributed by atoms with Crippen LogP contribution in [0, 0.1) is 0 Å². The molecule has 2 heterocycles. The molecule has 0 aliphatic heterocycles. The van der Waals surface area contributed by atoms with Crippen molar-refractivity contribution in [3.63, 3.8) is 0 Å². The lowest BCUT2D eigenvalue weighted by atomic mass is 10.0. The van der Waals surface area contributed by atoms with Gasteiger partial charge in [0.05, 0.1) is 5.56 Å². The highest BCUT2D eigenvalue weighted by atomic mass is 16.4. The molecular formula is C11H8N2O2. The molecule has 0 spiro atoms. The molecule has 0 atom stereocenters. The second-order valence-corrected chi connectivity index (χ2v) is 2.96. The van der Waals surface area contributed by atoms with Gasteiger partial charge in [0, 0.05) is 30.4 Å². The van der Waals surface area contributed by atoms with Crippen LogP contribution in [0.2, 0.25) is 0 Å². The van der Waals surface area contributed by atoms with Crippen molar-refractivity contribution in [2.45, 2.75) is 0 Å². The summed E-state index contributed by atoms with van der Waals surface area (Å²) in [6, 6.07) is 4.99. The number of carbonyl (C=O) groups is 1. The molecule has 0 aliphatic rings. The van der Waals surface area contributed by atoms with Gasteiger partial charge in [0.1, 0.15) is 0 Å². The van der Waals surface area contributed by atoms with Gasteiger partial charge in [-0.25, -0.2) is 4.79 Å². The van der Waals surface area contributed by atoms with E-state index in [1.54, 1.807) is 30.7 Å². The van der Waals surface area contributed by atoms with E-state index in [1.807, 2.05) is 0 Å². The highest BCUT2D eigenvalue weighted by Gasteiger charge is 2.10. The number of nitrogens with zero attached hydrogens (tertiary/aromatic N) is 2. The van der Waals surface area contributed by atoms with Crippen LogP contribution >= 0.6 is 0 Å². The van der Waals surface area contributed by atoms with E-state index in [2.05, 4.69) is 9.97 Å².